The van der Waals surface area contributed by atoms with Gasteiger partial charge in [-0.25, -0.2) is 8.42 Å². The molecule has 2 amide bonds. The molecule has 11 heteroatoms. The van der Waals surface area contributed by atoms with Gasteiger partial charge in [-0.3, -0.25) is 13.9 Å². The van der Waals surface area contributed by atoms with Gasteiger partial charge in [-0.1, -0.05) is 72.1 Å². The lowest BCUT2D eigenvalue weighted by Gasteiger charge is -2.31. The van der Waals surface area contributed by atoms with E-state index in [4.69, 9.17) is 34.8 Å². The SMILES string of the molecule is CCCNC(=O)[C@H](C)N(CCc1ccccc1)C(=O)CN(c1cc(Cl)c(Cl)cc1Cl)S(C)(=O)=O. The van der Waals surface area contributed by atoms with Gasteiger partial charge in [-0.15, -0.1) is 0 Å². The Morgan fingerprint density at radius 2 is 1.65 bits per heavy atom. The van der Waals surface area contributed by atoms with Crippen LogP contribution in [0.4, 0.5) is 5.69 Å². The third-order valence-electron chi connectivity index (χ3n) is 5.14. The van der Waals surface area contributed by atoms with Gasteiger partial charge < -0.3 is 10.2 Å². The van der Waals surface area contributed by atoms with Crippen LogP contribution in [0.2, 0.25) is 15.1 Å². The van der Waals surface area contributed by atoms with E-state index in [-0.39, 0.29) is 33.2 Å². The van der Waals surface area contributed by atoms with Crippen LogP contribution in [0, 0.1) is 0 Å². The fourth-order valence-electron chi connectivity index (χ4n) is 3.26. The maximum absolute atomic E-state index is 13.4. The van der Waals surface area contributed by atoms with Crippen LogP contribution in [0.3, 0.4) is 0 Å². The van der Waals surface area contributed by atoms with Crippen molar-refractivity contribution in [3.63, 3.8) is 0 Å². The molecule has 0 unspecified atom stereocenters. The summed E-state index contributed by atoms with van der Waals surface area (Å²) in [5.74, 6) is -0.871. The minimum Gasteiger partial charge on any atom is -0.354 e. The van der Waals surface area contributed by atoms with Crippen molar-refractivity contribution < 1.29 is 18.0 Å². The minimum atomic E-state index is -3.93. The van der Waals surface area contributed by atoms with Gasteiger partial charge in [0.05, 0.1) is 27.0 Å². The number of halogens is 3. The van der Waals surface area contributed by atoms with E-state index in [1.807, 2.05) is 37.3 Å². The molecule has 186 valence electrons. The number of sulfonamides is 1. The van der Waals surface area contributed by atoms with Crippen molar-refractivity contribution in [3.05, 3.63) is 63.1 Å². The Balaban J connectivity index is 2.36. The highest BCUT2D eigenvalue weighted by Crippen LogP contribution is 2.35. The number of hydrogen-bond donors (Lipinski definition) is 1. The van der Waals surface area contributed by atoms with E-state index in [0.717, 1.165) is 22.5 Å². The first-order valence-electron chi connectivity index (χ1n) is 10.7. The monoisotopic (exact) mass is 547 g/mol. The summed E-state index contributed by atoms with van der Waals surface area (Å²) in [7, 11) is -3.93. The molecule has 2 rings (SSSR count). The van der Waals surface area contributed by atoms with Gasteiger partial charge in [0.1, 0.15) is 12.6 Å². The number of carbonyl (C=O) groups is 2. The Hall–Kier alpha value is -2.00. The van der Waals surface area contributed by atoms with Crippen LogP contribution < -0.4 is 9.62 Å². The molecular formula is C23H28Cl3N3O4S. The first-order valence-corrected chi connectivity index (χ1v) is 13.7. The summed E-state index contributed by atoms with van der Waals surface area (Å²) in [4.78, 5) is 27.5. The third kappa shape index (κ3) is 7.77. The predicted molar refractivity (Wildman–Crippen MR) is 138 cm³/mol. The lowest BCUT2D eigenvalue weighted by molar-refractivity contribution is -0.138. The zero-order valence-electron chi connectivity index (χ0n) is 19.2. The molecule has 0 aromatic heterocycles. The van der Waals surface area contributed by atoms with Gasteiger partial charge >= 0.3 is 0 Å². The number of nitrogens with one attached hydrogen (secondary N) is 1. The Bertz CT molecular complexity index is 1110. The average Bonchev–Trinajstić information content (AvgIpc) is 2.78. The molecule has 2 aromatic rings. The summed E-state index contributed by atoms with van der Waals surface area (Å²) in [6.07, 6.45) is 2.20. The summed E-state index contributed by atoms with van der Waals surface area (Å²) in [5, 5.41) is 3.06. The summed E-state index contributed by atoms with van der Waals surface area (Å²) in [6, 6.07) is 11.3. The molecule has 0 spiro atoms. The van der Waals surface area contributed by atoms with Gasteiger partial charge in [0.2, 0.25) is 21.8 Å². The number of amides is 2. The molecule has 1 N–H and O–H groups in total. The zero-order chi connectivity index (χ0) is 25.5. The molecule has 7 nitrogen and oxygen atoms in total. The van der Waals surface area contributed by atoms with E-state index < -0.39 is 28.5 Å². The highest BCUT2D eigenvalue weighted by atomic mass is 35.5. The Morgan fingerprint density at radius 3 is 2.24 bits per heavy atom. The maximum Gasteiger partial charge on any atom is 0.244 e. The van der Waals surface area contributed by atoms with E-state index in [9.17, 15) is 18.0 Å². The second-order valence-electron chi connectivity index (χ2n) is 7.78. The van der Waals surface area contributed by atoms with Crippen molar-refractivity contribution in [2.75, 3.05) is 30.2 Å². The maximum atomic E-state index is 13.4. The Labute approximate surface area is 216 Å². The van der Waals surface area contributed by atoms with E-state index >= 15 is 0 Å². The van der Waals surface area contributed by atoms with Crippen molar-refractivity contribution in [1.29, 1.82) is 0 Å². The van der Waals surface area contributed by atoms with Crippen LogP contribution in [0.1, 0.15) is 25.8 Å². The summed E-state index contributed by atoms with van der Waals surface area (Å²) >= 11 is 18.3. The van der Waals surface area contributed by atoms with Crippen LogP contribution in [-0.2, 0) is 26.0 Å². The molecule has 0 fully saturated rings. The molecule has 0 saturated heterocycles. The van der Waals surface area contributed by atoms with Crippen LogP contribution in [0.15, 0.2) is 42.5 Å². The standard InChI is InChI=1S/C23H28Cl3N3O4S/c1-4-11-27-23(31)16(2)28(12-10-17-8-6-5-7-9-17)22(30)15-29(34(3,32)33)21-14-19(25)18(24)13-20(21)26/h5-9,13-14,16H,4,10-12,15H2,1-3H3,(H,27,31)/t16-/m0/s1. The molecule has 0 aliphatic heterocycles. The topological polar surface area (TPSA) is 86.8 Å². The van der Waals surface area contributed by atoms with Crippen LogP contribution in [0.25, 0.3) is 0 Å². The van der Waals surface area contributed by atoms with Gasteiger partial charge in [-0.2, -0.15) is 0 Å². The van der Waals surface area contributed by atoms with Crippen molar-refractivity contribution in [3.8, 4) is 0 Å². The van der Waals surface area contributed by atoms with Gasteiger partial charge in [0.15, 0.2) is 0 Å². The van der Waals surface area contributed by atoms with E-state index in [2.05, 4.69) is 5.32 Å². The van der Waals surface area contributed by atoms with Crippen molar-refractivity contribution in [1.82, 2.24) is 10.2 Å². The second kappa shape index (κ2) is 12.6. The number of nitrogens with zero attached hydrogens (tertiary/aromatic N) is 2. The van der Waals surface area contributed by atoms with Crippen LogP contribution >= 0.6 is 34.8 Å². The third-order valence-corrected chi connectivity index (χ3v) is 7.29. The number of benzene rings is 2. The second-order valence-corrected chi connectivity index (χ2v) is 10.9. The first-order chi connectivity index (χ1) is 16.0. The number of anilines is 1. The van der Waals surface area contributed by atoms with Gasteiger partial charge in [0.25, 0.3) is 0 Å². The first kappa shape index (κ1) is 28.2. The molecule has 2 aromatic carbocycles. The molecule has 0 aliphatic rings. The fraction of sp³-hybridized carbons (Fsp3) is 0.391. The quantitative estimate of drug-likeness (QED) is 0.422. The highest BCUT2D eigenvalue weighted by molar-refractivity contribution is 7.92. The van der Waals surface area contributed by atoms with E-state index in [0.29, 0.717) is 13.0 Å². The number of rotatable bonds is 11. The molecule has 1 atom stereocenters. The highest BCUT2D eigenvalue weighted by Gasteiger charge is 2.30. The van der Waals surface area contributed by atoms with Crippen molar-refractivity contribution in [2.45, 2.75) is 32.7 Å². The lowest BCUT2D eigenvalue weighted by atomic mass is 10.1. The van der Waals surface area contributed by atoms with Crippen LogP contribution in [-0.4, -0.2) is 57.1 Å². The molecule has 0 aliphatic carbocycles. The summed E-state index contributed by atoms with van der Waals surface area (Å²) in [5.41, 5.74) is 1.01. The zero-order valence-corrected chi connectivity index (χ0v) is 22.3. The lowest BCUT2D eigenvalue weighted by Crippen LogP contribution is -2.52. The molecule has 0 bridgehead atoms. The molecule has 0 saturated carbocycles. The molecule has 34 heavy (non-hydrogen) atoms. The molecule has 0 radical (unpaired) electrons. The minimum absolute atomic E-state index is 0.0252. The largest absolute Gasteiger partial charge is 0.354 e. The Kier molecular flexibility index (Phi) is 10.5. The fourth-order valence-corrected chi connectivity index (χ4v) is 4.81. The van der Waals surface area contributed by atoms with E-state index in [1.165, 1.54) is 17.0 Å². The van der Waals surface area contributed by atoms with Crippen molar-refractivity contribution >= 4 is 62.3 Å². The predicted octanol–water partition coefficient (Wildman–Crippen LogP) is 4.40. The Morgan fingerprint density at radius 1 is 1.03 bits per heavy atom. The molecule has 0 heterocycles. The normalized spacial score (nSPS) is 12.2. The number of carbonyl (C=O) groups excluding carboxylic acids is 2. The van der Waals surface area contributed by atoms with Crippen molar-refractivity contribution in [2.24, 2.45) is 0 Å². The van der Waals surface area contributed by atoms with Crippen LogP contribution in [0.5, 0.6) is 0 Å². The summed E-state index contributed by atoms with van der Waals surface area (Å²) < 4.78 is 26.1. The number of hydrogen-bond acceptors (Lipinski definition) is 4. The van der Waals surface area contributed by atoms with E-state index in [1.54, 1.807) is 6.92 Å². The molecular weight excluding hydrogens is 521 g/mol. The van der Waals surface area contributed by atoms with Gasteiger partial charge in [0, 0.05) is 13.1 Å². The van der Waals surface area contributed by atoms with Gasteiger partial charge in [-0.05, 0) is 37.5 Å². The smallest absolute Gasteiger partial charge is 0.244 e. The average molecular weight is 549 g/mol. The summed E-state index contributed by atoms with van der Waals surface area (Å²) in [6.45, 7) is 3.67.